The Morgan fingerprint density at radius 2 is 2.06 bits per heavy atom. The summed E-state index contributed by atoms with van der Waals surface area (Å²) in [6.45, 7) is 1.78. The zero-order valence-corrected chi connectivity index (χ0v) is 9.58. The Bertz CT molecular complexity index is 561. The lowest BCUT2D eigenvalue weighted by Crippen LogP contribution is -2.04. The predicted octanol–water partition coefficient (Wildman–Crippen LogP) is 3.13. The van der Waals surface area contributed by atoms with E-state index in [4.69, 9.17) is 10.2 Å². The zero-order valence-electron chi connectivity index (χ0n) is 9.58. The highest BCUT2D eigenvalue weighted by Gasteiger charge is 2.30. The van der Waals surface area contributed by atoms with Crippen molar-refractivity contribution < 1.29 is 17.6 Å². The normalized spacial score (nSPS) is 11.8. The van der Waals surface area contributed by atoms with E-state index >= 15 is 0 Å². The van der Waals surface area contributed by atoms with Crippen LogP contribution in [0.2, 0.25) is 0 Å². The molecule has 1 aromatic heterocycles. The van der Waals surface area contributed by atoms with E-state index in [1.54, 1.807) is 13.0 Å². The van der Waals surface area contributed by atoms with E-state index in [9.17, 15) is 13.2 Å². The molecule has 0 aliphatic heterocycles. The summed E-state index contributed by atoms with van der Waals surface area (Å²) in [6, 6.07) is 4.93. The first-order valence-electron chi connectivity index (χ1n) is 5.26. The van der Waals surface area contributed by atoms with Crippen molar-refractivity contribution in [2.45, 2.75) is 19.6 Å². The van der Waals surface area contributed by atoms with E-state index in [1.807, 2.05) is 0 Å². The molecule has 2 aromatic rings. The van der Waals surface area contributed by atoms with Crippen LogP contribution in [-0.4, -0.2) is 4.98 Å². The third-order valence-corrected chi connectivity index (χ3v) is 2.47. The summed E-state index contributed by atoms with van der Waals surface area (Å²) in [7, 11) is 0. The topological polar surface area (TPSA) is 52.0 Å². The number of hydrogen-bond donors (Lipinski definition) is 1. The molecule has 0 aliphatic carbocycles. The minimum Gasteiger partial charge on any atom is -0.439 e. The molecule has 6 heteroatoms. The lowest BCUT2D eigenvalue weighted by molar-refractivity contribution is -0.137. The number of aryl methyl sites for hydroxylation is 1. The fourth-order valence-corrected chi connectivity index (χ4v) is 1.64. The van der Waals surface area contributed by atoms with Crippen LogP contribution >= 0.6 is 0 Å². The lowest BCUT2D eigenvalue weighted by Gasteiger charge is -2.07. The van der Waals surface area contributed by atoms with Crippen molar-refractivity contribution >= 4 is 0 Å². The van der Waals surface area contributed by atoms with Crippen molar-refractivity contribution in [1.29, 1.82) is 0 Å². The van der Waals surface area contributed by atoms with Crippen LogP contribution in [0.25, 0.3) is 11.3 Å². The third-order valence-electron chi connectivity index (χ3n) is 2.47. The Hall–Kier alpha value is -1.82. The van der Waals surface area contributed by atoms with Crippen molar-refractivity contribution in [1.82, 2.24) is 4.98 Å². The number of aromatic nitrogens is 1. The SMILES string of the molecule is Cc1nc(CN)oc1-c1cccc(C(F)(F)F)c1. The van der Waals surface area contributed by atoms with Gasteiger partial charge < -0.3 is 10.2 Å². The Kier molecular flexibility index (Phi) is 3.13. The van der Waals surface area contributed by atoms with Crippen LogP contribution in [0, 0.1) is 6.92 Å². The Morgan fingerprint density at radius 1 is 1.33 bits per heavy atom. The van der Waals surface area contributed by atoms with Gasteiger partial charge >= 0.3 is 6.18 Å². The van der Waals surface area contributed by atoms with Crippen LogP contribution in [0.1, 0.15) is 17.1 Å². The number of rotatable bonds is 2. The minimum absolute atomic E-state index is 0.111. The average Bonchev–Trinajstić information content (AvgIpc) is 2.70. The van der Waals surface area contributed by atoms with Crippen molar-refractivity contribution in [2.75, 3.05) is 0 Å². The summed E-state index contributed by atoms with van der Waals surface area (Å²) in [5.74, 6) is 0.626. The van der Waals surface area contributed by atoms with Crippen LogP contribution in [0.15, 0.2) is 28.7 Å². The molecule has 0 fully saturated rings. The molecular weight excluding hydrogens is 245 g/mol. The Labute approximate surface area is 101 Å². The molecule has 0 spiro atoms. The first kappa shape index (κ1) is 12.6. The van der Waals surface area contributed by atoms with Gasteiger partial charge in [0.1, 0.15) is 0 Å². The number of alkyl halides is 3. The van der Waals surface area contributed by atoms with E-state index in [1.165, 1.54) is 6.07 Å². The van der Waals surface area contributed by atoms with Crippen molar-refractivity contribution in [3.63, 3.8) is 0 Å². The van der Waals surface area contributed by atoms with Crippen LogP contribution in [0.5, 0.6) is 0 Å². The highest BCUT2D eigenvalue weighted by atomic mass is 19.4. The smallest absolute Gasteiger partial charge is 0.416 e. The number of oxazole rings is 1. The van der Waals surface area contributed by atoms with Crippen LogP contribution in [-0.2, 0) is 12.7 Å². The first-order chi connectivity index (χ1) is 8.41. The summed E-state index contributed by atoms with van der Waals surface area (Å²) >= 11 is 0. The van der Waals surface area contributed by atoms with Gasteiger partial charge in [-0.25, -0.2) is 4.98 Å². The highest BCUT2D eigenvalue weighted by Crippen LogP contribution is 2.33. The zero-order chi connectivity index (χ0) is 13.3. The molecule has 0 bridgehead atoms. The number of hydrogen-bond acceptors (Lipinski definition) is 3. The minimum atomic E-state index is -4.37. The maximum atomic E-state index is 12.6. The molecule has 0 saturated carbocycles. The molecule has 96 valence electrons. The molecule has 0 amide bonds. The number of benzene rings is 1. The van der Waals surface area contributed by atoms with E-state index < -0.39 is 11.7 Å². The predicted molar refractivity (Wildman–Crippen MR) is 59.6 cm³/mol. The van der Waals surface area contributed by atoms with Gasteiger partial charge in [0, 0.05) is 5.56 Å². The summed E-state index contributed by atoms with van der Waals surface area (Å²) in [4.78, 5) is 4.02. The molecule has 0 atom stereocenters. The standard InChI is InChI=1S/C12H11F3N2O/c1-7-11(18-10(6-16)17-7)8-3-2-4-9(5-8)12(13,14)15/h2-5H,6,16H2,1H3. The molecule has 0 saturated heterocycles. The number of nitrogens with zero attached hydrogens (tertiary/aromatic N) is 1. The molecular formula is C12H11F3N2O. The highest BCUT2D eigenvalue weighted by molar-refractivity contribution is 5.60. The molecule has 2 rings (SSSR count). The quantitative estimate of drug-likeness (QED) is 0.898. The maximum Gasteiger partial charge on any atom is 0.416 e. The first-order valence-corrected chi connectivity index (χ1v) is 5.26. The van der Waals surface area contributed by atoms with Gasteiger partial charge in [0.25, 0.3) is 0 Å². The third kappa shape index (κ3) is 2.38. The summed E-state index contributed by atoms with van der Waals surface area (Å²) in [5.41, 5.74) is 5.52. The van der Waals surface area contributed by atoms with E-state index in [0.717, 1.165) is 12.1 Å². The fraction of sp³-hybridized carbons (Fsp3) is 0.250. The number of halogens is 3. The van der Waals surface area contributed by atoms with Gasteiger partial charge in [-0.1, -0.05) is 12.1 Å². The molecule has 1 aromatic carbocycles. The number of nitrogens with two attached hydrogens (primary N) is 1. The summed E-state index contributed by atoms with van der Waals surface area (Å²) < 4.78 is 43.1. The summed E-state index contributed by atoms with van der Waals surface area (Å²) in [6.07, 6.45) is -4.37. The van der Waals surface area contributed by atoms with Gasteiger partial charge in [-0.05, 0) is 19.1 Å². The van der Waals surface area contributed by atoms with Gasteiger partial charge in [0.05, 0.1) is 17.8 Å². The Balaban J connectivity index is 2.47. The van der Waals surface area contributed by atoms with Gasteiger partial charge in [0.15, 0.2) is 5.76 Å². The van der Waals surface area contributed by atoms with Gasteiger partial charge in [-0.3, -0.25) is 0 Å². The molecule has 0 aliphatic rings. The molecule has 2 N–H and O–H groups in total. The van der Waals surface area contributed by atoms with Gasteiger partial charge in [-0.2, -0.15) is 13.2 Å². The van der Waals surface area contributed by atoms with Crippen LogP contribution in [0.3, 0.4) is 0 Å². The average molecular weight is 256 g/mol. The second-order valence-corrected chi connectivity index (χ2v) is 3.80. The van der Waals surface area contributed by atoms with E-state index in [0.29, 0.717) is 22.9 Å². The van der Waals surface area contributed by atoms with Crippen LogP contribution in [0.4, 0.5) is 13.2 Å². The molecule has 3 nitrogen and oxygen atoms in total. The van der Waals surface area contributed by atoms with Crippen molar-refractivity contribution in [3.8, 4) is 11.3 Å². The summed E-state index contributed by atoms with van der Waals surface area (Å²) in [5, 5.41) is 0. The maximum absolute atomic E-state index is 12.6. The molecule has 1 heterocycles. The van der Waals surface area contributed by atoms with E-state index in [-0.39, 0.29) is 6.54 Å². The van der Waals surface area contributed by atoms with Crippen LogP contribution < -0.4 is 5.73 Å². The van der Waals surface area contributed by atoms with Crippen molar-refractivity contribution in [2.24, 2.45) is 5.73 Å². The van der Waals surface area contributed by atoms with E-state index in [2.05, 4.69) is 4.98 Å². The second kappa shape index (κ2) is 4.45. The molecule has 0 radical (unpaired) electrons. The fourth-order valence-electron chi connectivity index (χ4n) is 1.64. The molecule has 0 unspecified atom stereocenters. The van der Waals surface area contributed by atoms with Gasteiger partial charge in [0.2, 0.25) is 5.89 Å². The van der Waals surface area contributed by atoms with Crippen molar-refractivity contribution in [3.05, 3.63) is 41.4 Å². The largest absolute Gasteiger partial charge is 0.439 e. The van der Waals surface area contributed by atoms with Gasteiger partial charge in [-0.15, -0.1) is 0 Å². The Morgan fingerprint density at radius 3 is 2.61 bits per heavy atom. The molecule has 18 heavy (non-hydrogen) atoms. The lowest BCUT2D eigenvalue weighted by atomic mass is 10.1. The second-order valence-electron chi connectivity index (χ2n) is 3.80. The monoisotopic (exact) mass is 256 g/mol.